The van der Waals surface area contributed by atoms with Gasteiger partial charge in [0.25, 0.3) is 0 Å². The van der Waals surface area contributed by atoms with E-state index < -0.39 is 0 Å². The van der Waals surface area contributed by atoms with Crippen molar-refractivity contribution in [3.05, 3.63) is 11.6 Å². The summed E-state index contributed by atoms with van der Waals surface area (Å²) in [5, 5.41) is 8.62. The maximum absolute atomic E-state index is 8.62. The number of aliphatic hydroxyl groups is 1. The Hall–Kier alpha value is -0.740. The fourth-order valence-corrected chi connectivity index (χ4v) is 1.05. The number of aliphatic hydroxyl groups excluding tert-OH is 1. The molecule has 1 aliphatic rings. The summed E-state index contributed by atoms with van der Waals surface area (Å²) in [6.45, 7) is 5.93. The molecule has 0 amide bonds. The molecule has 0 spiro atoms. The van der Waals surface area contributed by atoms with E-state index in [0.29, 0.717) is 0 Å². The number of hydrogen-bond donors (Lipinski definition) is 1. The SMILES string of the molecule is C#CC.CC.OCC1=CCCCC1. The van der Waals surface area contributed by atoms with Crippen LogP contribution in [0.3, 0.4) is 0 Å². The molecule has 1 N–H and O–H groups in total. The van der Waals surface area contributed by atoms with Gasteiger partial charge in [-0.25, -0.2) is 0 Å². The van der Waals surface area contributed by atoms with E-state index in [2.05, 4.69) is 18.4 Å². The van der Waals surface area contributed by atoms with Crippen molar-refractivity contribution < 1.29 is 5.11 Å². The third-order valence-electron chi connectivity index (χ3n) is 1.59. The zero-order valence-corrected chi connectivity index (χ0v) is 9.14. The summed E-state index contributed by atoms with van der Waals surface area (Å²) in [5.74, 6) is 2.25. The Morgan fingerprint density at radius 2 is 2.00 bits per heavy atom. The summed E-state index contributed by atoms with van der Waals surface area (Å²) >= 11 is 0. The van der Waals surface area contributed by atoms with Crippen molar-refractivity contribution in [3.8, 4) is 12.3 Å². The maximum atomic E-state index is 8.62. The predicted molar refractivity (Wildman–Crippen MR) is 59.5 cm³/mol. The van der Waals surface area contributed by atoms with Crippen LogP contribution < -0.4 is 0 Å². The average Bonchev–Trinajstić information content (AvgIpc) is 2.23. The van der Waals surface area contributed by atoms with Gasteiger partial charge in [-0.05, 0) is 38.2 Å². The highest BCUT2D eigenvalue weighted by Gasteiger charge is 1.99. The van der Waals surface area contributed by atoms with Crippen LogP contribution in [0, 0.1) is 12.3 Å². The van der Waals surface area contributed by atoms with Gasteiger partial charge in [-0.3, -0.25) is 0 Å². The van der Waals surface area contributed by atoms with Crippen LogP contribution in [0.4, 0.5) is 0 Å². The molecule has 1 aliphatic carbocycles. The van der Waals surface area contributed by atoms with Crippen molar-refractivity contribution in [3.63, 3.8) is 0 Å². The molecule has 0 aromatic heterocycles. The van der Waals surface area contributed by atoms with Crippen molar-refractivity contribution in [1.29, 1.82) is 0 Å². The summed E-state index contributed by atoms with van der Waals surface area (Å²) in [5.41, 5.74) is 1.23. The molecule has 0 unspecified atom stereocenters. The molecule has 0 fully saturated rings. The van der Waals surface area contributed by atoms with E-state index in [1.54, 1.807) is 6.92 Å². The van der Waals surface area contributed by atoms with Crippen LogP contribution in [0.15, 0.2) is 11.6 Å². The Labute approximate surface area is 82.9 Å². The fourth-order valence-electron chi connectivity index (χ4n) is 1.05. The first kappa shape index (κ1) is 14.8. The Morgan fingerprint density at radius 3 is 2.23 bits per heavy atom. The highest BCUT2D eigenvalue weighted by atomic mass is 16.3. The lowest BCUT2D eigenvalue weighted by molar-refractivity contribution is 0.323. The number of terminal acetylenes is 1. The molecule has 1 rings (SSSR count). The average molecular weight is 182 g/mol. The van der Waals surface area contributed by atoms with Gasteiger partial charge in [0.15, 0.2) is 0 Å². The first-order valence-electron chi connectivity index (χ1n) is 5.01. The standard InChI is InChI=1S/C7H12O.C3H4.C2H6/c8-6-7-4-2-1-3-5-7;1-3-2;1-2/h4,8H,1-3,5-6H2;1H,2H3;1-2H3. The monoisotopic (exact) mass is 182 g/mol. The molecule has 0 heterocycles. The normalized spacial score (nSPS) is 13.6. The first-order valence-corrected chi connectivity index (χ1v) is 5.01. The van der Waals surface area contributed by atoms with Gasteiger partial charge >= 0.3 is 0 Å². The van der Waals surface area contributed by atoms with E-state index in [4.69, 9.17) is 5.11 Å². The van der Waals surface area contributed by atoms with Crippen LogP contribution in [0.1, 0.15) is 46.5 Å². The molecule has 1 heteroatoms. The highest BCUT2D eigenvalue weighted by Crippen LogP contribution is 2.15. The van der Waals surface area contributed by atoms with Crippen LogP contribution in [0.5, 0.6) is 0 Å². The number of allylic oxidation sites excluding steroid dienone is 1. The second kappa shape index (κ2) is 13.8. The first-order chi connectivity index (χ1) is 6.35. The van der Waals surface area contributed by atoms with Crippen LogP contribution in [0.25, 0.3) is 0 Å². The Balaban J connectivity index is 0. The molecule has 0 aromatic carbocycles. The number of rotatable bonds is 1. The molecule has 0 saturated carbocycles. The van der Waals surface area contributed by atoms with E-state index in [1.165, 1.54) is 24.8 Å². The van der Waals surface area contributed by atoms with E-state index in [9.17, 15) is 0 Å². The zero-order chi connectivity index (χ0) is 10.5. The molecule has 0 bridgehead atoms. The Morgan fingerprint density at radius 1 is 1.46 bits per heavy atom. The molecule has 0 atom stereocenters. The summed E-state index contributed by atoms with van der Waals surface area (Å²) in [7, 11) is 0. The van der Waals surface area contributed by atoms with E-state index >= 15 is 0 Å². The largest absolute Gasteiger partial charge is 0.392 e. The quantitative estimate of drug-likeness (QED) is 0.488. The van der Waals surface area contributed by atoms with Gasteiger partial charge < -0.3 is 5.11 Å². The van der Waals surface area contributed by atoms with Crippen LogP contribution in [-0.4, -0.2) is 11.7 Å². The van der Waals surface area contributed by atoms with E-state index in [1.807, 2.05) is 13.8 Å². The second-order valence-electron chi connectivity index (χ2n) is 2.55. The van der Waals surface area contributed by atoms with Gasteiger partial charge in [-0.15, -0.1) is 12.3 Å². The second-order valence-corrected chi connectivity index (χ2v) is 2.55. The van der Waals surface area contributed by atoms with Crippen molar-refractivity contribution in [2.75, 3.05) is 6.61 Å². The van der Waals surface area contributed by atoms with Crippen LogP contribution in [0.2, 0.25) is 0 Å². The highest BCUT2D eigenvalue weighted by molar-refractivity contribution is 5.04. The molecule has 0 radical (unpaired) electrons. The lowest BCUT2D eigenvalue weighted by Crippen LogP contribution is -1.95. The van der Waals surface area contributed by atoms with Gasteiger partial charge in [0.2, 0.25) is 0 Å². The lowest BCUT2D eigenvalue weighted by Gasteiger charge is -2.08. The minimum absolute atomic E-state index is 0.278. The Bertz CT molecular complexity index is 151. The third-order valence-corrected chi connectivity index (χ3v) is 1.59. The van der Waals surface area contributed by atoms with Crippen molar-refractivity contribution in [2.45, 2.75) is 46.5 Å². The summed E-state index contributed by atoms with van der Waals surface area (Å²) < 4.78 is 0. The minimum atomic E-state index is 0.278. The lowest BCUT2D eigenvalue weighted by atomic mass is 10.0. The van der Waals surface area contributed by atoms with Gasteiger partial charge in [0, 0.05) is 0 Å². The van der Waals surface area contributed by atoms with Gasteiger partial charge in [0.1, 0.15) is 0 Å². The van der Waals surface area contributed by atoms with Crippen molar-refractivity contribution in [1.82, 2.24) is 0 Å². The zero-order valence-electron chi connectivity index (χ0n) is 9.14. The minimum Gasteiger partial charge on any atom is -0.392 e. The van der Waals surface area contributed by atoms with Gasteiger partial charge in [-0.1, -0.05) is 19.9 Å². The van der Waals surface area contributed by atoms with Gasteiger partial charge in [-0.2, -0.15) is 0 Å². The smallest absolute Gasteiger partial charge is 0.0641 e. The maximum Gasteiger partial charge on any atom is 0.0641 e. The predicted octanol–water partition coefficient (Wildman–Crippen LogP) is 3.14. The molecule has 1 nitrogen and oxygen atoms in total. The molecule has 13 heavy (non-hydrogen) atoms. The molecular formula is C12H22O. The number of hydrogen-bond acceptors (Lipinski definition) is 1. The fraction of sp³-hybridized carbons (Fsp3) is 0.667. The molecule has 76 valence electrons. The van der Waals surface area contributed by atoms with E-state index in [0.717, 1.165) is 6.42 Å². The molecular weight excluding hydrogens is 160 g/mol. The van der Waals surface area contributed by atoms with Crippen molar-refractivity contribution in [2.24, 2.45) is 0 Å². The van der Waals surface area contributed by atoms with Gasteiger partial charge in [0.05, 0.1) is 6.61 Å². The third kappa shape index (κ3) is 11.3. The topological polar surface area (TPSA) is 20.2 Å². The summed E-state index contributed by atoms with van der Waals surface area (Å²) in [6, 6.07) is 0. The molecule has 0 saturated heterocycles. The molecule has 0 aromatic rings. The molecule has 0 aliphatic heterocycles. The summed E-state index contributed by atoms with van der Waals surface area (Å²) in [4.78, 5) is 0. The summed E-state index contributed by atoms with van der Waals surface area (Å²) in [6.07, 6.45) is 11.6. The van der Waals surface area contributed by atoms with Crippen molar-refractivity contribution >= 4 is 0 Å². The van der Waals surface area contributed by atoms with E-state index in [-0.39, 0.29) is 6.61 Å². The van der Waals surface area contributed by atoms with Crippen LogP contribution in [-0.2, 0) is 0 Å². The van der Waals surface area contributed by atoms with Crippen LogP contribution >= 0.6 is 0 Å². The Kier molecular flexibility index (Phi) is 15.7.